The van der Waals surface area contributed by atoms with Crippen LogP contribution < -0.4 is 9.64 Å². The van der Waals surface area contributed by atoms with E-state index < -0.39 is 5.25 Å². The molecule has 6 heteroatoms. The standard InChI is InChI=1S/C31H26N2O2S2/c1-2-35-24-18-19-25-28(20-24)36-31(32-25)37-29(23-12-4-3-5-13-23)30(34)33-26-14-8-6-10-21(26)16-17-22-11-7-9-15-27(22)33/h3-15,18-20,29H,2,16-17H2,1H3/t29-/m1/s1. The van der Waals surface area contributed by atoms with Crippen LogP contribution in [-0.2, 0) is 17.6 Å². The van der Waals surface area contributed by atoms with Crippen molar-refractivity contribution < 1.29 is 9.53 Å². The summed E-state index contributed by atoms with van der Waals surface area (Å²) >= 11 is 3.12. The molecular weight excluding hydrogens is 496 g/mol. The van der Waals surface area contributed by atoms with E-state index in [0.717, 1.165) is 50.1 Å². The van der Waals surface area contributed by atoms with E-state index in [1.165, 1.54) is 22.9 Å². The Hall–Kier alpha value is -3.61. The summed E-state index contributed by atoms with van der Waals surface area (Å²) in [5.41, 5.74) is 6.18. The lowest BCUT2D eigenvalue weighted by molar-refractivity contribution is -0.117. The predicted molar refractivity (Wildman–Crippen MR) is 153 cm³/mol. The Morgan fingerprint density at radius 2 is 1.57 bits per heavy atom. The van der Waals surface area contributed by atoms with Crippen LogP contribution in [-0.4, -0.2) is 17.5 Å². The molecule has 0 unspecified atom stereocenters. The summed E-state index contributed by atoms with van der Waals surface area (Å²) in [5, 5.41) is -0.452. The molecule has 184 valence electrons. The Balaban J connectivity index is 1.44. The van der Waals surface area contributed by atoms with Crippen LogP contribution in [0.15, 0.2) is 101 Å². The maximum absolute atomic E-state index is 14.6. The van der Waals surface area contributed by atoms with Crippen LogP contribution in [0.2, 0.25) is 0 Å². The van der Waals surface area contributed by atoms with E-state index in [1.807, 2.05) is 72.5 Å². The highest BCUT2D eigenvalue weighted by Gasteiger charge is 2.33. The van der Waals surface area contributed by atoms with Gasteiger partial charge in [0.2, 0.25) is 5.91 Å². The van der Waals surface area contributed by atoms with Crippen LogP contribution >= 0.6 is 23.1 Å². The van der Waals surface area contributed by atoms with Crippen LogP contribution in [0.5, 0.6) is 5.75 Å². The number of aromatic nitrogens is 1. The highest BCUT2D eigenvalue weighted by atomic mass is 32.2. The zero-order valence-electron chi connectivity index (χ0n) is 20.5. The minimum Gasteiger partial charge on any atom is -0.494 e. The number of hydrogen-bond donors (Lipinski definition) is 0. The van der Waals surface area contributed by atoms with Gasteiger partial charge in [-0.05, 0) is 66.8 Å². The lowest BCUT2D eigenvalue weighted by atomic mass is 10.0. The number of benzene rings is 4. The monoisotopic (exact) mass is 522 g/mol. The molecule has 1 aliphatic heterocycles. The number of rotatable bonds is 6. The average Bonchev–Trinajstić information content (AvgIpc) is 3.26. The molecule has 0 aliphatic carbocycles. The Labute approximate surface area is 224 Å². The van der Waals surface area contributed by atoms with Crippen molar-refractivity contribution in [3.8, 4) is 5.75 Å². The second-order valence-electron chi connectivity index (χ2n) is 8.88. The van der Waals surface area contributed by atoms with Crippen molar-refractivity contribution in [1.29, 1.82) is 0 Å². The summed E-state index contributed by atoms with van der Waals surface area (Å²) in [6.45, 7) is 2.60. The number of aryl methyl sites for hydroxylation is 2. The number of amides is 1. The van der Waals surface area contributed by atoms with Gasteiger partial charge >= 0.3 is 0 Å². The van der Waals surface area contributed by atoms with Crippen molar-refractivity contribution in [2.24, 2.45) is 0 Å². The third kappa shape index (κ3) is 4.75. The number of ether oxygens (including phenoxy) is 1. The molecule has 4 aromatic carbocycles. The first kappa shape index (κ1) is 23.8. The van der Waals surface area contributed by atoms with Crippen molar-refractivity contribution in [3.05, 3.63) is 114 Å². The first-order chi connectivity index (χ1) is 18.2. The summed E-state index contributed by atoms with van der Waals surface area (Å²) < 4.78 is 7.60. The number of hydrogen-bond acceptors (Lipinski definition) is 5. The number of nitrogens with zero attached hydrogens (tertiary/aromatic N) is 2. The van der Waals surface area contributed by atoms with E-state index in [0.29, 0.717) is 6.61 Å². The SMILES string of the molecule is CCOc1ccc2nc(S[C@@H](C(=O)N3c4ccccc4CCc4ccccc43)c3ccccc3)sc2c1. The van der Waals surface area contributed by atoms with Crippen molar-refractivity contribution in [2.45, 2.75) is 29.4 Å². The van der Waals surface area contributed by atoms with Crippen molar-refractivity contribution in [1.82, 2.24) is 4.98 Å². The number of thioether (sulfide) groups is 1. The van der Waals surface area contributed by atoms with Gasteiger partial charge in [0.15, 0.2) is 4.34 Å². The van der Waals surface area contributed by atoms with E-state index in [1.54, 1.807) is 11.3 Å². The van der Waals surface area contributed by atoms with Gasteiger partial charge in [0.05, 0.1) is 28.2 Å². The molecule has 6 rings (SSSR count). The minimum absolute atomic E-state index is 0.0345. The number of para-hydroxylation sites is 2. The van der Waals surface area contributed by atoms with E-state index in [-0.39, 0.29) is 5.91 Å². The molecule has 0 radical (unpaired) electrons. The number of thiazole rings is 1. The second-order valence-corrected chi connectivity index (χ2v) is 11.3. The van der Waals surface area contributed by atoms with Gasteiger partial charge < -0.3 is 4.74 Å². The Morgan fingerprint density at radius 1 is 0.919 bits per heavy atom. The Bertz CT molecular complexity index is 1520. The van der Waals surface area contributed by atoms with Gasteiger partial charge in [-0.2, -0.15) is 0 Å². The summed E-state index contributed by atoms with van der Waals surface area (Å²) in [6, 6.07) is 32.5. The van der Waals surface area contributed by atoms with Crippen LogP contribution in [0.4, 0.5) is 11.4 Å². The number of fused-ring (bicyclic) bond motifs is 3. The molecule has 0 N–H and O–H groups in total. The molecule has 0 saturated carbocycles. The molecular formula is C31H26N2O2S2. The van der Waals surface area contributed by atoms with Gasteiger partial charge in [-0.15, -0.1) is 11.3 Å². The van der Waals surface area contributed by atoms with Gasteiger partial charge in [-0.25, -0.2) is 4.98 Å². The topological polar surface area (TPSA) is 42.4 Å². The van der Waals surface area contributed by atoms with E-state index in [2.05, 4.69) is 36.4 Å². The third-order valence-corrected chi connectivity index (χ3v) is 8.90. The maximum Gasteiger partial charge on any atom is 0.249 e. The third-order valence-electron chi connectivity index (χ3n) is 6.55. The fourth-order valence-electron chi connectivity index (χ4n) is 4.81. The first-order valence-electron chi connectivity index (χ1n) is 12.5. The van der Waals surface area contributed by atoms with E-state index in [9.17, 15) is 4.79 Å². The van der Waals surface area contributed by atoms with Gasteiger partial charge in [0.25, 0.3) is 0 Å². The van der Waals surface area contributed by atoms with Crippen molar-refractivity contribution in [2.75, 3.05) is 11.5 Å². The zero-order valence-corrected chi connectivity index (χ0v) is 22.1. The largest absolute Gasteiger partial charge is 0.494 e. The summed E-state index contributed by atoms with van der Waals surface area (Å²) in [4.78, 5) is 21.4. The van der Waals surface area contributed by atoms with E-state index >= 15 is 0 Å². The predicted octanol–water partition coefficient (Wildman–Crippen LogP) is 7.99. The van der Waals surface area contributed by atoms with Gasteiger partial charge in [0, 0.05) is 0 Å². The average molecular weight is 523 g/mol. The van der Waals surface area contributed by atoms with Crippen molar-refractivity contribution in [3.63, 3.8) is 0 Å². The molecule has 5 aromatic rings. The van der Waals surface area contributed by atoms with Crippen LogP contribution in [0.25, 0.3) is 10.2 Å². The van der Waals surface area contributed by atoms with Gasteiger partial charge in [-0.3, -0.25) is 9.69 Å². The molecule has 0 saturated heterocycles. The van der Waals surface area contributed by atoms with E-state index in [4.69, 9.17) is 9.72 Å². The lowest BCUT2D eigenvalue weighted by Crippen LogP contribution is -2.31. The smallest absolute Gasteiger partial charge is 0.249 e. The molecule has 1 aromatic heterocycles. The molecule has 2 heterocycles. The lowest BCUT2D eigenvalue weighted by Gasteiger charge is -2.28. The fraction of sp³-hybridized carbons (Fsp3) is 0.161. The Kier molecular flexibility index (Phi) is 6.68. The molecule has 1 amide bonds. The quantitative estimate of drug-likeness (QED) is 0.212. The molecule has 1 aliphatic rings. The number of carbonyl (C=O) groups is 1. The Morgan fingerprint density at radius 3 is 2.24 bits per heavy atom. The minimum atomic E-state index is -0.452. The molecule has 0 bridgehead atoms. The van der Waals surface area contributed by atoms with Crippen LogP contribution in [0, 0.1) is 0 Å². The second kappa shape index (κ2) is 10.4. The normalized spacial score (nSPS) is 13.5. The first-order valence-corrected chi connectivity index (χ1v) is 14.2. The fourth-order valence-corrected chi connectivity index (χ4v) is 7.14. The highest BCUT2D eigenvalue weighted by molar-refractivity contribution is 8.02. The molecule has 1 atom stereocenters. The highest BCUT2D eigenvalue weighted by Crippen LogP contribution is 2.45. The zero-order chi connectivity index (χ0) is 25.2. The van der Waals surface area contributed by atoms with Gasteiger partial charge in [-0.1, -0.05) is 78.5 Å². The summed E-state index contributed by atoms with van der Waals surface area (Å²) in [7, 11) is 0. The van der Waals surface area contributed by atoms with Crippen LogP contribution in [0.1, 0.15) is 28.9 Å². The molecule has 0 fully saturated rings. The molecule has 0 spiro atoms. The summed E-state index contributed by atoms with van der Waals surface area (Å²) in [5.74, 6) is 0.871. The molecule has 37 heavy (non-hydrogen) atoms. The summed E-state index contributed by atoms with van der Waals surface area (Å²) in [6.07, 6.45) is 1.81. The maximum atomic E-state index is 14.6. The number of anilines is 2. The van der Waals surface area contributed by atoms with Crippen molar-refractivity contribution >= 4 is 50.6 Å². The molecule has 4 nitrogen and oxygen atoms in total. The van der Waals surface area contributed by atoms with Gasteiger partial charge in [0.1, 0.15) is 11.0 Å². The van der Waals surface area contributed by atoms with Crippen LogP contribution in [0.3, 0.4) is 0 Å². The number of carbonyl (C=O) groups excluding carboxylic acids is 1.